The Balaban J connectivity index is 1.58. The Bertz CT molecular complexity index is 868. The van der Waals surface area contributed by atoms with Crippen molar-refractivity contribution in [3.8, 4) is 11.3 Å². The molecular formula is C20H22F3N3O2. The van der Waals surface area contributed by atoms with Gasteiger partial charge in [-0.2, -0.15) is 13.2 Å². The molecular weight excluding hydrogens is 371 g/mol. The SMILES string of the molecule is CC1(C(=O)N2CCc3onc(-c4ccc(C(F)(F)F)cc4)c3C2)CCCNC1. The molecule has 1 N–H and O–H groups in total. The van der Waals surface area contributed by atoms with Gasteiger partial charge in [0.15, 0.2) is 0 Å². The zero-order valence-electron chi connectivity index (χ0n) is 15.6. The maximum Gasteiger partial charge on any atom is 0.416 e. The summed E-state index contributed by atoms with van der Waals surface area (Å²) >= 11 is 0. The summed E-state index contributed by atoms with van der Waals surface area (Å²) in [5.74, 6) is 0.802. The Labute approximate surface area is 160 Å². The Morgan fingerprint density at radius 1 is 1.29 bits per heavy atom. The predicted octanol–water partition coefficient (Wildman–Crippen LogP) is 3.63. The summed E-state index contributed by atoms with van der Waals surface area (Å²) in [6.07, 6.45) is -2.02. The number of carbonyl (C=O) groups excluding carboxylic acids is 1. The van der Waals surface area contributed by atoms with Crippen molar-refractivity contribution in [3.63, 3.8) is 0 Å². The van der Waals surface area contributed by atoms with Crippen LogP contribution in [0.25, 0.3) is 11.3 Å². The van der Waals surface area contributed by atoms with Crippen LogP contribution in [-0.4, -0.2) is 35.6 Å². The van der Waals surface area contributed by atoms with Gasteiger partial charge < -0.3 is 14.7 Å². The van der Waals surface area contributed by atoms with E-state index in [2.05, 4.69) is 10.5 Å². The van der Waals surface area contributed by atoms with Crippen LogP contribution in [0.3, 0.4) is 0 Å². The van der Waals surface area contributed by atoms with Crippen molar-refractivity contribution in [2.24, 2.45) is 5.41 Å². The smallest absolute Gasteiger partial charge is 0.360 e. The lowest BCUT2D eigenvalue weighted by atomic mass is 9.81. The maximum absolute atomic E-state index is 13.1. The van der Waals surface area contributed by atoms with Crippen LogP contribution in [0, 0.1) is 5.41 Å². The molecule has 2 aromatic rings. The lowest BCUT2D eigenvalue weighted by molar-refractivity contribution is -0.143. The number of amides is 1. The van der Waals surface area contributed by atoms with E-state index in [-0.39, 0.29) is 5.91 Å². The number of hydrogen-bond acceptors (Lipinski definition) is 4. The van der Waals surface area contributed by atoms with E-state index in [0.29, 0.717) is 43.1 Å². The van der Waals surface area contributed by atoms with Crippen LogP contribution in [-0.2, 0) is 23.9 Å². The van der Waals surface area contributed by atoms with E-state index in [9.17, 15) is 18.0 Å². The molecule has 1 unspecified atom stereocenters. The number of fused-ring (bicyclic) bond motifs is 1. The van der Waals surface area contributed by atoms with Crippen molar-refractivity contribution in [3.05, 3.63) is 41.2 Å². The molecule has 2 aliphatic heterocycles. The van der Waals surface area contributed by atoms with Crippen molar-refractivity contribution in [1.82, 2.24) is 15.4 Å². The second-order valence-corrected chi connectivity index (χ2v) is 7.83. The number of benzene rings is 1. The second kappa shape index (κ2) is 6.92. The third-order valence-electron chi connectivity index (χ3n) is 5.71. The van der Waals surface area contributed by atoms with Gasteiger partial charge in [-0.3, -0.25) is 4.79 Å². The van der Waals surface area contributed by atoms with E-state index in [4.69, 9.17) is 4.52 Å². The van der Waals surface area contributed by atoms with E-state index in [0.717, 1.165) is 37.1 Å². The van der Waals surface area contributed by atoms with Crippen LogP contribution in [0.15, 0.2) is 28.8 Å². The van der Waals surface area contributed by atoms with Crippen molar-refractivity contribution < 1.29 is 22.5 Å². The van der Waals surface area contributed by atoms with E-state index in [1.54, 1.807) is 0 Å². The van der Waals surface area contributed by atoms with E-state index in [1.165, 1.54) is 12.1 Å². The van der Waals surface area contributed by atoms with Gasteiger partial charge in [0.1, 0.15) is 11.5 Å². The average Bonchev–Trinajstić information content (AvgIpc) is 3.10. The number of nitrogens with zero attached hydrogens (tertiary/aromatic N) is 2. The van der Waals surface area contributed by atoms with Gasteiger partial charge >= 0.3 is 6.18 Å². The number of alkyl halides is 3. The van der Waals surface area contributed by atoms with Gasteiger partial charge in [-0.15, -0.1) is 0 Å². The molecule has 0 bridgehead atoms. The minimum Gasteiger partial charge on any atom is -0.360 e. The van der Waals surface area contributed by atoms with Crippen molar-refractivity contribution in [1.29, 1.82) is 0 Å². The summed E-state index contributed by atoms with van der Waals surface area (Å²) in [4.78, 5) is 14.9. The van der Waals surface area contributed by atoms with Gasteiger partial charge in [0.2, 0.25) is 5.91 Å². The lowest BCUT2D eigenvalue weighted by Gasteiger charge is -2.38. The Hall–Kier alpha value is -2.35. The van der Waals surface area contributed by atoms with Crippen LogP contribution in [0.1, 0.15) is 36.7 Å². The van der Waals surface area contributed by atoms with E-state index >= 15 is 0 Å². The summed E-state index contributed by atoms with van der Waals surface area (Å²) < 4.78 is 43.8. The summed E-state index contributed by atoms with van der Waals surface area (Å²) in [5.41, 5.74) is 0.711. The normalized spacial score (nSPS) is 22.8. The quantitative estimate of drug-likeness (QED) is 0.847. The molecule has 1 amide bonds. The molecule has 1 atom stereocenters. The number of hydrogen-bond donors (Lipinski definition) is 1. The zero-order chi connectivity index (χ0) is 19.9. The van der Waals surface area contributed by atoms with Crippen molar-refractivity contribution in [2.45, 2.75) is 38.9 Å². The molecule has 0 saturated carbocycles. The number of rotatable bonds is 2. The number of carbonyl (C=O) groups is 1. The van der Waals surface area contributed by atoms with Crippen LogP contribution >= 0.6 is 0 Å². The Morgan fingerprint density at radius 3 is 2.68 bits per heavy atom. The van der Waals surface area contributed by atoms with Gasteiger partial charge in [-0.25, -0.2) is 0 Å². The predicted molar refractivity (Wildman–Crippen MR) is 96.3 cm³/mol. The maximum atomic E-state index is 13.1. The molecule has 3 heterocycles. The average molecular weight is 393 g/mol. The highest BCUT2D eigenvalue weighted by atomic mass is 19.4. The van der Waals surface area contributed by atoms with Gasteiger partial charge in [0, 0.05) is 30.6 Å². The van der Waals surface area contributed by atoms with Crippen LogP contribution in [0.5, 0.6) is 0 Å². The first-order chi connectivity index (χ1) is 13.3. The fraction of sp³-hybridized carbons (Fsp3) is 0.500. The van der Waals surface area contributed by atoms with Crippen molar-refractivity contribution in [2.75, 3.05) is 19.6 Å². The Morgan fingerprint density at radius 2 is 2.04 bits per heavy atom. The third-order valence-corrected chi connectivity index (χ3v) is 5.71. The minimum absolute atomic E-state index is 0.102. The summed E-state index contributed by atoms with van der Waals surface area (Å²) in [5, 5.41) is 7.37. The number of nitrogens with one attached hydrogen (secondary N) is 1. The first-order valence-corrected chi connectivity index (χ1v) is 9.43. The molecule has 0 aliphatic carbocycles. The van der Waals surface area contributed by atoms with Gasteiger partial charge in [-0.05, 0) is 38.4 Å². The molecule has 2 aliphatic rings. The number of halogens is 3. The van der Waals surface area contributed by atoms with Crippen LogP contribution in [0.4, 0.5) is 13.2 Å². The first-order valence-electron chi connectivity index (χ1n) is 9.43. The second-order valence-electron chi connectivity index (χ2n) is 7.83. The standard InChI is InChI=1S/C20H22F3N3O2/c1-19(8-2-9-24-12-19)18(27)26-10-7-16-15(11-26)17(25-28-16)13-3-5-14(6-4-13)20(21,22)23/h3-6,24H,2,7-12H2,1H3. The molecule has 5 nitrogen and oxygen atoms in total. The first kappa shape index (κ1) is 19.0. The minimum atomic E-state index is -4.38. The van der Waals surface area contributed by atoms with Gasteiger partial charge in [-0.1, -0.05) is 17.3 Å². The molecule has 4 rings (SSSR count). The molecule has 0 radical (unpaired) electrons. The highest BCUT2D eigenvalue weighted by Crippen LogP contribution is 2.35. The van der Waals surface area contributed by atoms with Crippen LogP contribution < -0.4 is 5.32 Å². The molecule has 1 saturated heterocycles. The molecule has 1 fully saturated rings. The Kier molecular flexibility index (Phi) is 4.69. The highest BCUT2D eigenvalue weighted by Gasteiger charge is 2.39. The van der Waals surface area contributed by atoms with Gasteiger partial charge in [0.25, 0.3) is 0 Å². The molecule has 28 heavy (non-hydrogen) atoms. The number of aromatic nitrogens is 1. The third kappa shape index (κ3) is 3.41. The molecule has 150 valence electrons. The molecule has 8 heteroatoms. The lowest BCUT2D eigenvalue weighted by Crippen LogP contribution is -2.51. The van der Waals surface area contributed by atoms with E-state index < -0.39 is 17.2 Å². The van der Waals surface area contributed by atoms with Crippen molar-refractivity contribution >= 4 is 5.91 Å². The molecule has 1 aromatic carbocycles. The largest absolute Gasteiger partial charge is 0.416 e. The highest BCUT2D eigenvalue weighted by molar-refractivity contribution is 5.83. The summed E-state index contributed by atoms with van der Waals surface area (Å²) in [6, 6.07) is 4.87. The molecule has 0 spiro atoms. The van der Waals surface area contributed by atoms with E-state index in [1.807, 2.05) is 11.8 Å². The number of piperidine rings is 1. The zero-order valence-corrected chi connectivity index (χ0v) is 15.6. The van der Waals surface area contributed by atoms with Crippen LogP contribution in [0.2, 0.25) is 0 Å². The fourth-order valence-electron chi connectivity index (χ4n) is 4.05. The summed E-state index contributed by atoms with van der Waals surface area (Å²) in [7, 11) is 0. The fourth-order valence-corrected chi connectivity index (χ4v) is 4.05. The molecule has 1 aromatic heterocycles. The van der Waals surface area contributed by atoms with Gasteiger partial charge in [0.05, 0.1) is 17.5 Å². The summed E-state index contributed by atoms with van der Waals surface area (Å²) in [6.45, 7) is 4.50. The topological polar surface area (TPSA) is 58.4 Å². The monoisotopic (exact) mass is 393 g/mol.